The summed E-state index contributed by atoms with van der Waals surface area (Å²) in [5, 5.41) is 23.4. The fraction of sp³-hybridized carbons (Fsp3) is 0.344. The van der Waals surface area contributed by atoms with Gasteiger partial charge in [-0.3, -0.25) is 4.79 Å². The summed E-state index contributed by atoms with van der Waals surface area (Å²) in [5.41, 5.74) is 0.883. The van der Waals surface area contributed by atoms with Crippen molar-refractivity contribution in [3.63, 3.8) is 0 Å². The number of carbonyl (C=O) groups is 1. The number of unbranched alkanes of at least 4 members (excludes halogenated alkanes) is 1. The molecule has 1 aromatic heterocycles. The van der Waals surface area contributed by atoms with Crippen molar-refractivity contribution in [2.24, 2.45) is 11.8 Å². The molecule has 1 heterocycles. The first-order valence-corrected chi connectivity index (χ1v) is 14.8. The standard InChI is InChI=1S/C32H32F3NO5S/c33-32(34,35)22-7-3-21(4-8-22)31(39)36-17-1-2-18-40-25-12-14-26(15-13-25)41-29-27-16-11-24(38)19-28(27)42-30(29)20-5-9-23(37)10-6-20/h5-6,9-16,19,21-22,37-38H,1-4,7-8,17-18H2,(H,36,39)/t21-,22-. The third-order valence-electron chi connectivity index (χ3n) is 7.50. The lowest BCUT2D eigenvalue weighted by atomic mass is 9.81. The topological polar surface area (TPSA) is 88.0 Å². The van der Waals surface area contributed by atoms with Gasteiger partial charge in [-0.25, -0.2) is 0 Å². The molecule has 3 N–H and O–H groups in total. The maximum Gasteiger partial charge on any atom is 0.391 e. The third kappa shape index (κ3) is 7.28. The quantitative estimate of drug-likeness (QED) is 0.159. The number of phenols is 2. The zero-order chi connectivity index (χ0) is 29.7. The number of fused-ring (bicyclic) bond motifs is 1. The van der Waals surface area contributed by atoms with Crippen molar-refractivity contribution in [1.29, 1.82) is 0 Å². The highest BCUT2D eigenvalue weighted by Crippen LogP contribution is 2.47. The first-order valence-electron chi connectivity index (χ1n) is 14.0. The second-order valence-electron chi connectivity index (χ2n) is 10.5. The van der Waals surface area contributed by atoms with Gasteiger partial charge in [0, 0.05) is 22.5 Å². The number of nitrogens with one attached hydrogen (secondary N) is 1. The summed E-state index contributed by atoms with van der Waals surface area (Å²) in [6.07, 6.45) is -2.15. The van der Waals surface area contributed by atoms with Crippen LogP contribution in [-0.4, -0.2) is 35.4 Å². The molecular weight excluding hydrogens is 567 g/mol. The average molecular weight is 600 g/mol. The van der Waals surface area contributed by atoms with E-state index in [2.05, 4.69) is 5.32 Å². The maximum absolute atomic E-state index is 12.8. The summed E-state index contributed by atoms with van der Waals surface area (Å²) in [7, 11) is 0. The molecule has 0 spiro atoms. The Balaban J connectivity index is 1.09. The number of phenolic OH excluding ortho intramolecular Hbond substituents is 2. The number of hydrogen-bond donors (Lipinski definition) is 3. The summed E-state index contributed by atoms with van der Waals surface area (Å²) in [6, 6.07) is 19.3. The predicted molar refractivity (Wildman–Crippen MR) is 156 cm³/mol. The Labute approximate surface area is 245 Å². The average Bonchev–Trinajstić information content (AvgIpc) is 3.32. The van der Waals surface area contributed by atoms with Crippen molar-refractivity contribution in [3.05, 3.63) is 66.7 Å². The van der Waals surface area contributed by atoms with Crippen LogP contribution in [0.25, 0.3) is 20.5 Å². The van der Waals surface area contributed by atoms with Crippen LogP contribution in [0, 0.1) is 11.8 Å². The SMILES string of the molecule is O=C(NCCCCOc1ccc(Oc2c(-c3ccc(O)cc3)sc3cc(O)ccc23)cc1)[C@H]1CC[C@H](C(F)(F)F)CC1. The van der Waals surface area contributed by atoms with Crippen molar-refractivity contribution >= 4 is 27.3 Å². The molecule has 1 aliphatic rings. The van der Waals surface area contributed by atoms with Crippen molar-refractivity contribution in [2.45, 2.75) is 44.7 Å². The third-order valence-corrected chi connectivity index (χ3v) is 8.68. The predicted octanol–water partition coefficient (Wildman–Crippen LogP) is 8.42. The van der Waals surface area contributed by atoms with Gasteiger partial charge in [0.15, 0.2) is 5.75 Å². The Morgan fingerprint density at radius 3 is 2.24 bits per heavy atom. The zero-order valence-corrected chi connectivity index (χ0v) is 23.6. The van der Waals surface area contributed by atoms with E-state index in [9.17, 15) is 28.2 Å². The van der Waals surface area contributed by atoms with Gasteiger partial charge in [-0.15, -0.1) is 11.3 Å². The molecule has 0 bridgehead atoms. The van der Waals surface area contributed by atoms with E-state index in [-0.39, 0.29) is 49.0 Å². The summed E-state index contributed by atoms with van der Waals surface area (Å²) >= 11 is 1.49. The molecule has 222 valence electrons. The van der Waals surface area contributed by atoms with E-state index < -0.39 is 12.1 Å². The van der Waals surface area contributed by atoms with Crippen molar-refractivity contribution < 1.29 is 37.7 Å². The van der Waals surface area contributed by atoms with Crippen molar-refractivity contribution in [3.8, 4) is 39.2 Å². The summed E-state index contributed by atoms with van der Waals surface area (Å²) < 4.78 is 51.5. The highest BCUT2D eigenvalue weighted by molar-refractivity contribution is 7.22. The lowest BCUT2D eigenvalue weighted by Gasteiger charge is -2.29. The fourth-order valence-electron chi connectivity index (χ4n) is 5.14. The van der Waals surface area contributed by atoms with Gasteiger partial charge in [0.2, 0.25) is 5.91 Å². The lowest BCUT2D eigenvalue weighted by Crippen LogP contribution is -2.36. The second kappa shape index (κ2) is 12.9. The summed E-state index contributed by atoms with van der Waals surface area (Å²) in [6.45, 7) is 0.917. The number of thiophene rings is 1. The molecular formula is C32H32F3NO5S. The number of ether oxygens (including phenoxy) is 2. The highest BCUT2D eigenvalue weighted by atomic mass is 32.1. The zero-order valence-electron chi connectivity index (χ0n) is 22.8. The fourth-order valence-corrected chi connectivity index (χ4v) is 6.31. The number of amides is 1. The van der Waals surface area contributed by atoms with E-state index in [4.69, 9.17) is 9.47 Å². The molecule has 1 amide bonds. The number of rotatable bonds is 10. The van der Waals surface area contributed by atoms with Gasteiger partial charge in [-0.2, -0.15) is 13.2 Å². The molecule has 0 unspecified atom stereocenters. The molecule has 10 heteroatoms. The van der Waals surface area contributed by atoms with Gasteiger partial charge in [0.25, 0.3) is 0 Å². The van der Waals surface area contributed by atoms with Crippen LogP contribution in [0.15, 0.2) is 66.7 Å². The minimum atomic E-state index is -4.17. The van der Waals surface area contributed by atoms with Crippen LogP contribution in [0.1, 0.15) is 38.5 Å². The molecule has 6 nitrogen and oxygen atoms in total. The monoisotopic (exact) mass is 599 g/mol. The van der Waals surface area contributed by atoms with Crippen LogP contribution in [0.4, 0.5) is 13.2 Å². The second-order valence-corrected chi connectivity index (χ2v) is 11.6. The van der Waals surface area contributed by atoms with Gasteiger partial charge in [-0.05, 0) is 111 Å². The van der Waals surface area contributed by atoms with Crippen molar-refractivity contribution in [1.82, 2.24) is 5.32 Å². The van der Waals surface area contributed by atoms with Gasteiger partial charge in [0.1, 0.15) is 23.0 Å². The molecule has 5 rings (SSSR count). The molecule has 0 radical (unpaired) electrons. The molecule has 0 aliphatic heterocycles. The smallest absolute Gasteiger partial charge is 0.391 e. The van der Waals surface area contributed by atoms with Crippen LogP contribution in [0.3, 0.4) is 0 Å². The van der Waals surface area contributed by atoms with E-state index in [0.29, 0.717) is 43.2 Å². The van der Waals surface area contributed by atoms with E-state index in [1.54, 1.807) is 24.3 Å². The van der Waals surface area contributed by atoms with Crippen LogP contribution in [0.2, 0.25) is 0 Å². The summed E-state index contributed by atoms with van der Waals surface area (Å²) in [5.74, 6) is 0.508. The molecule has 1 saturated carbocycles. The normalized spacial score (nSPS) is 17.2. The Kier molecular flexibility index (Phi) is 9.11. The number of halogens is 3. The Hall–Kier alpha value is -3.92. The molecule has 0 atom stereocenters. The first-order chi connectivity index (χ1) is 20.2. The minimum Gasteiger partial charge on any atom is -0.508 e. The number of benzene rings is 3. The number of aromatic hydroxyl groups is 2. The molecule has 3 aromatic carbocycles. The van der Waals surface area contributed by atoms with E-state index in [1.807, 2.05) is 42.5 Å². The van der Waals surface area contributed by atoms with Gasteiger partial charge < -0.3 is 25.0 Å². The largest absolute Gasteiger partial charge is 0.508 e. The van der Waals surface area contributed by atoms with E-state index >= 15 is 0 Å². The Bertz CT molecular complexity index is 1490. The number of alkyl halides is 3. The maximum atomic E-state index is 12.8. The first kappa shape index (κ1) is 29.6. The van der Waals surface area contributed by atoms with Gasteiger partial charge >= 0.3 is 6.18 Å². The van der Waals surface area contributed by atoms with Crippen LogP contribution in [0.5, 0.6) is 28.7 Å². The van der Waals surface area contributed by atoms with Crippen LogP contribution in [-0.2, 0) is 4.79 Å². The molecule has 4 aromatic rings. The molecule has 1 aliphatic carbocycles. The lowest BCUT2D eigenvalue weighted by molar-refractivity contribution is -0.184. The molecule has 0 saturated heterocycles. The van der Waals surface area contributed by atoms with Crippen LogP contribution >= 0.6 is 11.3 Å². The Morgan fingerprint density at radius 2 is 1.55 bits per heavy atom. The van der Waals surface area contributed by atoms with Gasteiger partial charge in [0.05, 0.1) is 17.4 Å². The molecule has 42 heavy (non-hydrogen) atoms. The highest BCUT2D eigenvalue weighted by Gasteiger charge is 2.42. The minimum absolute atomic E-state index is 0.0211. The molecule has 1 fully saturated rings. The Morgan fingerprint density at radius 1 is 0.881 bits per heavy atom. The van der Waals surface area contributed by atoms with Gasteiger partial charge in [-0.1, -0.05) is 0 Å². The van der Waals surface area contributed by atoms with Crippen LogP contribution < -0.4 is 14.8 Å². The summed E-state index contributed by atoms with van der Waals surface area (Å²) in [4.78, 5) is 13.2. The van der Waals surface area contributed by atoms with Crippen molar-refractivity contribution in [2.75, 3.05) is 13.2 Å². The van der Waals surface area contributed by atoms with E-state index in [1.165, 1.54) is 11.3 Å². The number of carbonyl (C=O) groups excluding carboxylic acids is 1. The van der Waals surface area contributed by atoms with E-state index in [0.717, 1.165) is 20.5 Å². The number of hydrogen-bond acceptors (Lipinski definition) is 6.